The van der Waals surface area contributed by atoms with Gasteiger partial charge >= 0.3 is 0 Å². The third kappa shape index (κ3) is 3.30. The molecule has 18 heavy (non-hydrogen) atoms. The van der Waals surface area contributed by atoms with Crippen molar-refractivity contribution in [2.75, 3.05) is 0 Å². The Bertz CT molecular complexity index is 644. The molecule has 1 aromatic carbocycles. The summed E-state index contributed by atoms with van der Waals surface area (Å²) in [5.74, 6) is 0. The molecule has 0 spiro atoms. The van der Waals surface area contributed by atoms with Crippen LogP contribution in [0.5, 0.6) is 0 Å². The van der Waals surface area contributed by atoms with Gasteiger partial charge in [0.05, 0.1) is 27.7 Å². The maximum Gasteiger partial charge on any atom is 0.240 e. The van der Waals surface area contributed by atoms with E-state index in [4.69, 9.17) is 11.6 Å². The number of nitrogens with one attached hydrogen (secondary N) is 1. The smallest absolute Gasteiger partial charge is 0.240 e. The predicted molar refractivity (Wildman–Crippen MR) is 75.3 cm³/mol. The highest BCUT2D eigenvalue weighted by atomic mass is 79.9. The highest BCUT2D eigenvalue weighted by Gasteiger charge is 2.15. The lowest BCUT2D eigenvalue weighted by molar-refractivity contribution is 0.580. The number of nitrogens with zero attached hydrogens (tertiary/aromatic N) is 1. The maximum atomic E-state index is 12.0. The van der Waals surface area contributed by atoms with Crippen molar-refractivity contribution in [1.82, 2.24) is 9.71 Å². The average Bonchev–Trinajstić information content (AvgIpc) is 2.83. The first-order valence-electron chi connectivity index (χ1n) is 4.81. The van der Waals surface area contributed by atoms with Gasteiger partial charge in [-0.25, -0.2) is 18.1 Å². The molecule has 0 unspecified atom stereocenters. The van der Waals surface area contributed by atoms with E-state index in [1.807, 2.05) is 0 Å². The molecule has 2 aromatic rings. The molecule has 0 saturated carbocycles. The first kappa shape index (κ1) is 14.0. The van der Waals surface area contributed by atoms with Gasteiger partial charge in [-0.2, -0.15) is 0 Å². The summed E-state index contributed by atoms with van der Waals surface area (Å²) >= 11 is 10.4. The number of thiazole rings is 1. The van der Waals surface area contributed by atoms with Gasteiger partial charge in [-0.3, -0.25) is 0 Å². The molecule has 0 radical (unpaired) electrons. The molecule has 0 atom stereocenters. The number of halogens is 2. The van der Waals surface area contributed by atoms with E-state index in [1.165, 1.54) is 29.5 Å². The molecule has 0 amide bonds. The molecule has 96 valence electrons. The van der Waals surface area contributed by atoms with Crippen LogP contribution >= 0.6 is 38.9 Å². The molecule has 0 saturated heterocycles. The zero-order valence-corrected chi connectivity index (χ0v) is 12.9. The van der Waals surface area contributed by atoms with Crippen LogP contribution in [-0.4, -0.2) is 13.4 Å². The Morgan fingerprint density at radius 3 is 2.83 bits per heavy atom. The average molecular weight is 368 g/mol. The number of sulfonamides is 1. The van der Waals surface area contributed by atoms with E-state index in [2.05, 4.69) is 25.6 Å². The van der Waals surface area contributed by atoms with Crippen LogP contribution in [0.15, 0.2) is 38.5 Å². The van der Waals surface area contributed by atoms with Crippen LogP contribution in [0.4, 0.5) is 0 Å². The van der Waals surface area contributed by atoms with Crippen molar-refractivity contribution < 1.29 is 8.42 Å². The molecule has 0 aliphatic carbocycles. The third-order valence-electron chi connectivity index (χ3n) is 2.13. The second kappa shape index (κ2) is 5.66. The summed E-state index contributed by atoms with van der Waals surface area (Å²) in [6.07, 6.45) is 0. The predicted octanol–water partition coefficient (Wildman–Crippen LogP) is 3.04. The van der Waals surface area contributed by atoms with E-state index in [-0.39, 0.29) is 11.4 Å². The molecule has 0 aliphatic rings. The number of hydrogen-bond acceptors (Lipinski definition) is 4. The molecule has 2 rings (SSSR count). The summed E-state index contributed by atoms with van der Waals surface area (Å²) in [5, 5.41) is 2.26. The minimum atomic E-state index is -3.55. The van der Waals surface area contributed by atoms with E-state index in [1.54, 1.807) is 10.9 Å². The van der Waals surface area contributed by atoms with Gasteiger partial charge in [0.15, 0.2) is 0 Å². The Labute approximate surface area is 122 Å². The highest BCUT2D eigenvalue weighted by molar-refractivity contribution is 9.10. The first-order valence-corrected chi connectivity index (χ1v) is 8.40. The van der Waals surface area contributed by atoms with Crippen molar-refractivity contribution in [2.24, 2.45) is 0 Å². The van der Waals surface area contributed by atoms with Crippen LogP contribution in [0.25, 0.3) is 0 Å². The van der Waals surface area contributed by atoms with Gasteiger partial charge in [0.1, 0.15) is 0 Å². The van der Waals surface area contributed by atoms with E-state index >= 15 is 0 Å². The molecule has 0 aliphatic heterocycles. The van der Waals surface area contributed by atoms with Gasteiger partial charge in [0.2, 0.25) is 10.0 Å². The molecule has 1 heterocycles. The van der Waals surface area contributed by atoms with Crippen LogP contribution in [0.3, 0.4) is 0 Å². The lowest BCUT2D eigenvalue weighted by Gasteiger charge is -2.06. The van der Waals surface area contributed by atoms with Gasteiger partial charge in [-0.1, -0.05) is 11.6 Å². The second-order valence-electron chi connectivity index (χ2n) is 3.38. The van der Waals surface area contributed by atoms with Gasteiger partial charge < -0.3 is 0 Å². The molecule has 1 aromatic heterocycles. The fourth-order valence-corrected chi connectivity index (χ4v) is 3.45. The maximum absolute atomic E-state index is 12.0. The molecular weight excluding hydrogens is 360 g/mol. The van der Waals surface area contributed by atoms with E-state index < -0.39 is 10.0 Å². The third-order valence-corrected chi connectivity index (χ3v) is 5.38. The topological polar surface area (TPSA) is 59.1 Å². The standard InChI is InChI=1S/C10H8BrClN2O2S2/c11-9-3-8(1-2-10(9)12)18(15,16)14-4-7-5-17-6-13-7/h1-3,5-6,14H,4H2. The Morgan fingerprint density at radius 1 is 1.44 bits per heavy atom. The van der Waals surface area contributed by atoms with Crippen LogP contribution < -0.4 is 4.72 Å². The van der Waals surface area contributed by atoms with Gasteiger partial charge in [0.25, 0.3) is 0 Å². The van der Waals surface area contributed by atoms with Crippen LogP contribution in [0, 0.1) is 0 Å². The number of benzene rings is 1. The SMILES string of the molecule is O=S(=O)(NCc1cscn1)c1ccc(Cl)c(Br)c1. The Morgan fingerprint density at radius 2 is 2.22 bits per heavy atom. The van der Waals surface area contributed by atoms with Crippen LogP contribution in [0.1, 0.15) is 5.69 Å². The minimum Gasteiger partial charge on any atom is -0.248 e. The van der Waals surface area contributed by atoms with Gasteiger partial charge in [-0.15, -0.1) is 11.3 Å². The zero-order chi connectivity index (χ0) is 13.2. The largest absolute Gasteiger partial charge is 0.248 e. The molecule has 0 fully saturated rings. The molecule has 0 bridgehead atoms. The quantitative estimate of drug-likeness (QED) is 0.903. The number of hydrogen-bond donors (Lipinski definition) is 1. The number of aromatic nitrogens is 1. The van der Waals surface area contributed by atoms with Gasteiger partial charge in [0, 0.05) is 9.85 Å². The van der Waals surface area contributed by atoms with Crippen molar-refractivity contribution in [3.8, 4) is 0 Å². The Balaban J connectivity index is 2.17. The fourth-order valence-electron chi connectivity index (χ4n) is 1.22. The number of rotatable bonds is 4. The van der Waals surface area contributed by atoms with Crippen molar-refractivity contribution in [2.45, 2.75) is 11.4 Å². The zero-order valence-electron chi connectivity index (χ0n) is 8.93. The monoisotopic (exact) mass is 366 g/mol. The summed E-state index contributed by atoms with van der Waals surface area (Å²) in [5.41, 5.74) is 2.35. The van der Waals surface area contributed by atoms with Crippen molar-refractivity contribution >= 4 is 48.9 Å². The van der Waals surface area contributed by atoms with Gasteiger partial charge in [-0.05, 0) is 34.1 Å². The fraction of sp³-hybridized carbons (Fsp3) is 0.100. The molecule has 1 N–H and O–H groups in total. The Kier molecular flexibility index (Phi) is 4.39. The summed E-state index contributed by atoms with van der Waals surface area (Å²) in [7, 11) is -3.55. The van der Waals surface area contributed by atoms with Crippen molar-refractivity contribution in [1.29, 1.82) is 0 Å². The Hall–Kier alpha value is -0.470. The van der Waals surface area contributed by atoms with Crippen molar-refractivity contribution in [3.63, 3.8) is 0 Å². The summed E-state index contributed by atoms with van der Waals surface area (Å²) in [6, 6.07) is 4.45. The summed E-state index contributed by atoms with van der Waals surface area (Å²) < 4.78 is 27.0. The molecule has 8 heteroatoms. The van der Waals surface area contributed by atoms with Crippen LogP contribution in [0.2, 0.25) is 5.02 Å². The van der Waals surface area contributed by atoms with Crippen molar-refractivity contribution in [3.05, 3.63) is 44.3 Å². The minimum absolute atomic E-state index is 0.161. The van der Waals surface area contributed by atoms with E-state index in [0.29, 0.717) is 15.2 Å². The molecule has 4 nitrogen and oxygen atoms in total. The molecular formula is C10H8BrClN2O2S2. The normalized spacial score (nSPS) is 11.7. The first-order chi connectivity index (χ1) is 8.49. The summed E-state index contributed by atoms with van der Waals surface area (Å²) in [6.45, 7) is 0.173. The summed E-state index contributed by atoms with van der Waals surface area (Å²) in [4.78, 5) is 4.17. The lowest BCUT2D eigenvalue weighted by Crippen LogP contribution is -2.23. The van der Waals surface area contributed by atoms with Crippen LogP contribution in [-0.2, 0) is 16.6 Å². The highest BCUT2D eigenvalue weighted by Crippen LogP contribution is 2.25. The van der Waals surface area contributed by atoms with E-state index in [9.17, 15) is 8.42 Å². The van der Waals surface area contributed by atoms with E-state index in [0.717, 1.165) is 0 Å². The lowest BCUT2D eigenvalue weighted by atomic mass is 10.4. The second-order valence-corrected chi connectivity index (χ2v) is 7.13.